The minimum absolute atomic E-state index is 0.0671. The number of nitrogens with zero attached hydrogens (tertiary/aromatic N) is 1. The topological polar surface area (TPSA) is 23.8 Å². The van der Waals surface area contributed by atoms with Gasteiger partial charge in [-0.15, -0.1) is 0 Å². The zero-order chi connectivity index (χ0) is 10.8. The third kappa shape index (κ3) is 1.73. The molecule has 0 saturated heterocycles. The van der Waals surface area contributed by atoms with Gasteiger partial charge in [-0.2, -0.15) is 5.26 Å². The Kier molecular flexibility index (Phi) is 3.13. The molecule has 1 rings (SSSR count). The van der Waals surface area contributed by atoms with E-state index in [9.17, 15) is 4.39 Å². The van der Waals surface area contributed by atoms with E-state index in [2.05, 4.69) is 6.07 Å². The summed E-state index contributed by atoms with van der Waals surface area (Å²) in [5.74, 6) is -0.486. The number of rotatable bonds is 2. The minimum atomic E-state index is -0.797. The maximum Gasteiger partial charge on any atom is 0.146 e. The lowest BCUT2D eigenvalue weighted by Crippen LogP contribution is -2.19. The molecule has 14 heavy (non-hydrogen) atoms. The van der Waals surface area contributed by atoms with Gasteiger partial charge in [-0.3, -0.25) is 0 Å². The number of hydrogen-bond acceptors (Lipinski definition) is 1. The lowest BCUT2D eigenvalue weighted by molar-refractivity contribution is 0.525. The van der Waals surface area contributed by atoms with E-state index in [1.165, 1.54) is 6.07 Å². The molecule has 1 nitrogen and oxygen atoms in total. The molecule has 0 aliphatic heterocycles. The first-order chi connectivity index (χ1) is 6.55. The molecular weight excluding hydrogens is 201 g/mol. The van der Waals surface area contributed by atoms with Gasteiger partial charge in [-0.25, -0.2) is 4.39 Å². The molecule has 74 valence electrons. The van der Waals surface area contributed by atoms with E-state index >= 15 is 0 Å². The van der Waals surface area contributed by atoms with Crippen LogP contribution >= 0.6 is 11.6 Å². The molecule has 0 aromatic heterocycles. The van der Waals surface area contributed by atoms with Crippen LogP contribution in [0.25, 0.3) is 0 Å². The number of nitriles is 1. The molecule has 0 radical (unpaired) electrons. The summed E-state index contributed by atoms with van der Waals surface area (Å²) < 4.78 is 13.6. The van der Waals surface area contributed by atoms with Gasteiger partial charge in [-0.1, -0.05) is 30.7 Å². The van der Waals surface area contributed by atoms with Crippen LogP contribution in [0.1, 0.15) is 25.8 Å². The molecule has 0 saturated carbocycles. The quantitative estimate of drug-likeness (QED) is 0.732. The molecule has 1 atom stereocenters. The Morgan fingerprint density at radius 3 is 2.71 bits per heavy atom. The van der Waals surface area contributed by atoms with Crippen molar-refractivity contribution in [1.29, 1.82) is 5.26 Å². The normalized spacial score (nSPS) is 14.5. The van der Waals surface area contributed by atoms with Gasteiger partial charge in [0.25, 0.3) is 0 Å². The van der Waals surface area contributed by atoms with Crippen molar-refractivity contribution in [3.8, 4) is 6.07 Å². The van der Waals surface area contributed by atoms with Crippen LogP contribution in [-0.2, 0) is 5.41 Å². The molecule has 0 spiro atoms. The summed E-state index contributed by atoms with van der Waals surface area (Å²) in [4.78, 5) is 0. The smallest absolute Gasteiger partial charge is 0.146 e. The van der Waals surface area contributed by atoms with E-state index in [0.29, 0.717) is 12.0 Å². The lowest BCUT2D eigenvalue weighted by atomic mass is 9.81. The summed E-state index contributed by atoms with van der Waals surface area (Å²) in [6, 6.07) is 6.86. The van der Waals surface area contributed by atoms with E-state index in [0.717, 1.165) is 0 Å². The van der Waals surface area contributed by atoms with E-state index in [-0.39, 0.29) is 5.02 Å². The SMILES string of the molecule is CCC(C)(C#N)c1cccc(Cl)c1F. The molecule has 0 heterocycles. The Morgan fingerprint density at radius 1 is 1.57 bits per heavy atom. The van der Waals surface area contributed by atoms with Gasteiger partial charge >= 0.3 is 0 Å². The Labute approximate surface area is 88.1 Å². The summed E-state index contributed by atoms with van der Waals surface area (Å²) in [5, 5.41) is 9.06. The van der Waals surface area contributed by atoms with Crippen LogP contribution in [0.15, 0.2) is 18.2 Å². The first kappa shape index (κ1) is 11.0. The van der Waals surface area contributed by atoms with Gasteiger partial charge in [0.05, 0.1) is 16.5 Å². The maximum absolute atomic E-state index is 13.6. The summed E-state index contributed by atoms with van der Waals surface area (Å²) in [6.45, 7) is 3.56. The average molecular weight is 212 g/mol. The molecule has 3 heteroatoms. The number of halogens is 2. The van der Waals surface area contributed by atoms with Crippen LogP contribution in [-0.4, -0.2) is 0 Å². The standard InChI is InChI=1S/C11H11ClFN/c1-3-11(2,7-14)8-5-4-6-9(12)10(8)13/h4-6H,3H2,1-2H3. The lowest BCUT2D eigenvalue weighted by Gasteiger charge is -2.20. The molecule has 1 aromatic carbocycles. The Hall–Kier alpha value is -1.07. The molecule has 0 aliphatic carbocycles. The second kappa shape index (κ2) is 3.98. The van der Waals surface area contributed by atoms with Crippen molar-refractivity contribution < 1.29 is 4.39 Å². The van der Waals surface area contributed by atoms with Gasteiger partial charge in [0.2, 0.25) is 0 Å². The van der Waals surface area contributed by atoms with Crippen molar-refractivity contribution in [2.45, 2.75) is 25.7 Å². The van der Waals surface area contributed by atoms with Crippen molar-refractivity contribution >= 4 is 11.6 Å². The fourth-order valence-electron chi connectivity index (χ4n) is 1.26. The second-order valence-electron chi connectivity index (χ2n) is 3.40. The Morgan fingerprint density at radius 2 is 2.21 bits per heavy atom. The van der Waals surface area contributed by atoms with Crippen LogP contribution in [0, 0.1) is 17.1 Å². The highest BCUT2D eigenvalue weighted by molar-refractivity contribution is 6.30. The molecular formula is C11H11ClFN. The third-order valence-corrected chi connectivity index (χ3v) is 2.79. The minimum Gasteiger partial charge on any atom is -0.205 e. The van der Waals surface area contributed by atoms with Crippen LogP contribution < -0.4 is 0 Å². The van der Waals surface area contributed by atoms with Crippen LogP contribution in [0.3, 0.4) is 0 Å². The van der Waals surface area contributed by atoms with E-state index < -0.39 is 11.2 Å². The highest BCUT2D eigenvalue weighted by Crippen LogP contribution is 2.31. The molecule has 1 aromatic rings. The third-order valence-electron chi connectivity index (χ3n) is 2.50. The number of benzene rings is 1. The summed E-state index contributed by atoms with van der Waals surface area (Å²) in [6.07, 6.45) is 0.556. The van der Waals surface area contributed by atoms with E-state index in [1.54, 1.807) is 19.1 Å². The van der Waals surface area contributed by atoms with E-state index in [1.807, 2.05) is 6.92 Å². The zero-order valence-electron chi connectivity index (χ0n) is 8.14. The molecule has 1 unspecified atom stereocenters. The van der Waals surface area contributed by atoms with Crippen LogP contribution in [0.5, 0.6) is 0 Å². The van der Waals surface area contributed by atoms with Gasteiger partial charge in [-0.05, 0) is 19.4 Å². The van der Waals surface area contributed by atoms with E-state index in [4.69, 9.17) is 16.9 Å². The molecule has 0 fully saturated rings. The van der Waals surface area contributed by atoms with Crippen LogP contribution in [0.2, 0.25) is 5.02 Å². The molecule has 0 N–H and O–H groups in total. The molecule has 0 aliphatic rings. The monoisotopic (exact) mass is 211 g/mol. The molecule has 0 bridgehead atoms. The average Bonchev–Trinajstić information content (AvgIpc) is 2.21. The summed E-state index contributed by atoms with van der Waals surface area (Å²) in [5.41, 5.74) is -0.426. The largest absolute Gasteiger partial charge is 0.205 e. The van der Waals surface area contributed by atoms with Crippen molar-refractivity contribution in [1.82, 2.24) is 0 Å². The highest BCUT2D eigenvalue weighted by atomic mass is 35.5. The molecule has 0 amide bonds. The van der Waals surface area contributed by atoms with Gasteiger partial charge in [0.15, 0.2) is 0 Å². The second-order valence-corrected chi connectivity index (χ2v) is 3.81. The van der Waals surface area contributed by atoms with Crippen LogP contribution in [0.4, 0.5) is 4.39 Å². The predicted molar refractivity (Wildman–Crippen MR) is 54.7 cm³/mol. The summed E-state index contributed by atoms with van der Waals surface area (Å²) in [7, 11) is 0. The van der Waals surface area contributed by atoms with Gasteiger partial charge in [0, 0.05) is 5.56 Å². The Bertz CT molecular complexity index is 383. The number of hydrogen-bond donors (Lipinski definition) is 0. The van der Waals surface area contributed by atoms with Crippen molar-refractivity contribution in [2.75, 3.05) is 0 Å². The summed E-state index contributed by atoms with van der Waals surface area (Å²) >= 11 is 5.65. The first-order valence-corrected chi connectivity index (χ1v) is 4.78. The fourth-order valence-corrected chi connectivity index (χ4v) is 1.43. The highest BCUT2D eigenvalue weighted by Gasteiger charge is 2.28. The fraction of sp³-hybridized carbons (Fsp3) is 0.364. The first-order valence-electron chi connectivity index (χ1n) is 4.41. The van der Waals surface area contributed by atoms with Crippen molar-refractivity contribution in [3.63, 3.8) is 0 Å². The van der Waals surface area contributed by atoms with Gasteiger partial charge < -0.3 is 0 Å². The van der Waals surface area contributed by atoms with Crippen molar-refractivity contribution in [3.05, 3.63) is 34.6 Å². The maximum atomic E-state index is 13.6. The van der Waals surface area contributed by atoms with Gasteiger partial charge in [0.1, 0.15) is 5.82 Å². The predicted octanol–water partition coefficient (Wildman–Crippen LogP) is 3.67. The Balaban J connectivity index is 3.33. The van der Waals surface area contributed by atoms with Crippen molar-refractivity contribution in [2.24, 2.45) is 0 Å². The zero-order valence-corrected chi connectivity index (χ0v) is 8.90.